The van der Waals surface area contributed by atoms with Crippen LogP contribution in [-0.2, 0) is 12.0 Å². The van der Waals surface area contributed by atoms with Crippen LogP contribution < -0.4 is 4.57 Å². The van der Waals surface area contributed by atoms with Crippen molar-refractivity contribution in [3.8, 4) is 11.3 Å². The van der Waals surface area contributed by atoms with Crippen LogP contribution in [0.5, 0.6) is 0 Å². The molecule has 3 rings (SSSR count). The predicted molar refractivity (Wildman–Crippen MR) is 103 cm³/mol. The number of allylic oxidation sites excluding steroid dienone is 2. The summed E-state index contributed by atoms with van der Waals surface area (Å²) in [5.74, 6) is -1.06. The summed E-state index contributed by atoms with van der Waals surface area (Å²) in [6.45, 7) is 15.5. The number of aryl methyl sites for hydroxylation is 1. The molecule has 0 atom stereocenters. The first-order valence-electron chi connectivity index (χ1n) is 9.16. The first kappa shape index (κ1) is 18.5. The Labute approximate surface area is 154 Å². The molecule has 0 amide bonds. The molecular weight excluding hydrogens is 328 g/mol. The van der Waals surface area contributed by atoms with E-state index < -0.39 is 11.6 Å². The molecule has 0 fully saturated rings. The molecule has 0 saturated carbocycles. The topological polar surface area (TPSA) is 3.88 Å². The number of rotatable bonds is 4. The molecule has 1 aromatic heterocycles. The Morgan fingerprint density at radius 1 is 1.19 bits per heavy atom. The van der Waals surface area contributed by atoms with Gasteiger partial charge in [0.1, 0.15) is 11.6 Å². The largest absolute Gasteiger partial charge is 0.216 e. The number of halogens is 2. The van der Waals surface area contributed by atoms with Crippen molar-refractivity contribution in [2.24, 2.45) is 0 Å². The quantitative estimate of drug-likeness (QED) is 0.482. The number of fused-ring (bicyclic) bond motifs is 3. The van der Waals surface area contributed by atoms with Crippen molar-refractivity contribution in [2.75, 3.05) is 0 Å². The van der Waals surface area contributed by atoms with Gasteiger partial charge in [0.15, 0.2) is 11.7 Å². The first-order chi connectivity index (χ1) is 12.3. The Bertz CT molecular complexity index is 921. The van der Waals surface area contributed by atoms with Crippen molar-refractivity contribution in [3.05, 3.63) is 71.5 Å². The summed E-state index contributed by atoms with van der Waals surface area (Å²) in [5, 5.41) is 0. The molecule has 0 aliphatic carbocycles. The summed E-state index contributed by atoms with van der Waals surface area (Å²) in [7, 11) is 0. The molecule has 26 heavy (non-hydrogen) atoms. The van der Waals surface area contributed by atoms with E-state index in [1.807, 2.05) is 19.1 Å². The average molecular weight is 354 g/mol. The van der Waals surface area contributed by atoms with Crippen LogP contribution in [0.25, 0.3) is 16.8 Å². The monoisotopic (exact) mass is 354 g/mol. The first-order valence-corrected chi connectivity index (χ1v) is 9.16. The van der Waals surface area contributed by atoms with Gasteiger partial charge in [-0.1, -0.05) is 33.1 Å². The molecular formula is C23H26F2N+. The summed E-state index contributed by atoms with van der Waals surface area (Å²) in [6.07, 6.45) is 5.91. The maximum atomic E-state index is 15.5. The van der Waals surface area contributed by atoms with Gasteiger partial charge in [-0.25, -0.2) is 8.78 Å². The Balaban J connectivity index is 2.46. The van der Waals surface area contributed by atoms with E-state index in [9.17, 15) is 0 Å². The molecule has 1 aliphatic rings. The minimum absolute atomic E-state index is 0.0659. The highest BCUT2D eigenvalue weighted by Crippen LogP contribution is 2.42. The molecule has 3 heteroatoms. The van der Waals surface area contributed by atoms with Crippen molar-refractivity contribution < 1.29 is 13.3 Å². The third kappa shape index (κ3) is 2.45. The lowest BCUT2D eigenvalue weighted by atomic mass is 9.76. The molecule has 0 saturated heterocycles. The number of hydrogen-bond acceptors (Lipinski definition) is 0. The lowest BCUT2D eigenvalue weighted by Crippen LogP contribution is -2.60. The SMILES string of the molecule is C=CC(=C)c1c(F)c(C)c2c(c1F)-c1ccc(C)c[n+]1C(CC)(CC)C2. The Morgan fingerprint density at radius 2 is 1.85 bits per heavy atom. The van der Waals surface area contributed by atoms with E-state index in [2.05, 4.69) is 37.8 Å². The van der Waals surface area contributed by atoms with Crippen LogP contribution in [0.3, 0.4) is 0 Å². The van der Waals surface area contributed by atoms with Gasteiger partial charge in [0.2, 0.25) is 5.69 Å². The molecule has 1 aromatic carbocycles. The molecule has 2 heterocycles. The lowest BCUT2D eigenvalue weighted by molar-refractivity contribution is -0.758. The fraction of sp³-hybridized carbons (Fsp3) is 0.348. The fourth-order valence-electron chi connectivity index (χ4n) is 4.19. The van der Waals surface area contributed by atoms with Gasteiger partial charge in [-0.2, -0.15) is 4.57 Å². The smallest absolute Gasteiger partial charge is 0.206 e. The van der Waals surface area contributed by atoms with E-state index in [4.69, 9.17) is 0 Å². The zero-order valence-corrected chi connectivity index (χ0v) is 16.0. The number of hydrogen-bond donors (Lipinski definition) is 0. The predicted octanol–water partition coefficient (Wildman–Crippen LogP) is 5.81. The third-order valence-corrected chi connectivity index (χ3v) is 6.00. The van der Waals surface area contributed by atoms with Crippen LogP contribution in [0.1, 0.15) is 48.9 Å². The van der Waals surface area contributed by atoms with Gasteiger partial charge in [0, 0.05) is 30.9 Å². The van der Waals surface area contributed by atoms with Crippen molar-refractivity contribution in [1.29, 1.82) is 0 Å². The molecule has 0 radical (unpaired) electrons. The highest BCUT2D eigenvalue weighted by atomic mass is 19.1. The third-order valence-electron chi connectivity index (χ3n) is 6.00. The summed E-state index contributed by atoms with van der Waals surface area (Å²) in [6, 6.07) is 3.94. The van der Waals surface area contributed by atoms with E-state index in [1.54, 1.807) is 6.92 Å². The second-order valence-corrected chi connectivity index (χ2v) is 7.28. The van der Waals surface area contributed by atoms with Crippen LogP contribution in [0.2, 0.25) is 0 Å². The molecule has 2 aromatic rings. The van der Waals surface area contributed by atoms with Crippen molar-refractivity contribution >= 4 is 5.57 Å². The van der Waals surface area contributed by atoms with Crippen molar-refractivity contribution in [3.63, 3.8) is 0 Å². The van der Waals surface area contributed by atoms with E-state index in [0.29, 0.717) is 17.5 Å². The minimum atomic E-state index is -0.536. The van der Waals surface area contributed by atoms with Gasteiger partial charge in [0.25, 0.3) is 0 Å². The summed E-state index contributed by atoms with van der Waals surface area (Å²) in [5.41, 5.74) is 3.74. The molecule has 1 aliphatic heterocycles. The number of aromatic nitrogens is 1. The average Bonchev–Trinajstić information content (AvgIpc) is 2.64. The van der Waals surface area contributed by atoms with Crippen LogP contribution in [-0.4, -0.2) is 0 Å². The maximum Gasteiger partial charge on any atom is 0.216 e. The van der Waals surface area contributed by atoms with Gasteiger partial charge in [0.05, 0.1) is 11.1 Å². The molecule has 136 valence electrons. The number of pyridine rings is 1. The van der Waals surface area contributed by atoms with E-state index in [0.717, 1.165) is 29.7 Å². The molecule has 0 bridgehead atoms. The van der Waals surface area contributed by atoms with E-state index in [-0.39, 0.29) is 16.7 Å². The van der Waals surface area contributed by atoms with Crippen LogP contribution in [0, 0.1) is 25.5 Å². The van der Waals surface area contributed by atoms with Crippen molar-refractivity contribution in [2.45, 2.75) is 52.5 Å². The van der Waals surface area contributed by atoms with Crippen LogP contribution in [0.4, 0.5) is 8.78 Å². The van der Waals surface area contributed by atoms with E-state index >= 15 is 8.78 Å². The molecule has 0 spiro atoms. The fourth-order valence-corrected chi connectivity index (χ4v) is 4.19. The lowest BCUT2D eigenvalue weighted by Gasteiger charge is -2.34. The molecule has 1 nitrogen and oxygen atoms in total. The standard InChI is InChI=1S/C23H26F2N/c1-7-15(5)19-21(24)16(6)17-12-23(8-2,9-3)26-13-14(4)10-11-18(26)20(17)22(19)25/h7,10-11,13H,1,5,8-9,12H2,2-4,6H3/q+1. The van der Waals surface area contributed by atoms with Gasteiger partial charge in [-0.15, -0.1) is 0 Å². The Morgan fingerprint density at radius 3 is 2.42 bits per heavy atom. The molecule has 0 unspecified atom stereocenters. The zero-order valence-electron chi connectivity index (χ0n) is 16.0. The number of benzene rings is 1. The van der Waals surface area contributed by atoms with Gasteiger partial charge < -0.3 is 0 Å². The van der Waals surface area contributed by atoms with Gasteiger partial charge in [-0.05, 0) is 36.6 Å². The number of nitrogens with zero attached hydrogens (tertiary/aromatic N) is 1. The summed E-state index contributed by atoms with van der Waals surface area (Å²) < 4.78 is 32.7. The summed E-state index contributed by atoms with van der Waals surface area (Å²) >= 11 is 0. The molecule has 0 N–H and O–H groups in total. The second-order valence-electron chi connectivity index (χ2n) is 7.28. The second kappa shape index (κ2) is 6.46. The summed E-state index contributed by atoms with van der Waals surface area (Å²) in [4.78, 5) is 0. The Kier molecular flexibility index (Phi) is 4.60. The minimum Gasteiger partial charge on any atom is -0.206 e. The van der Waals surface area contributed by atoms with Crippen molar-refractivity contribution in [1.82, 2.24) is 0 Å². The van der Waals surface area contributed by atoms with Gasteiger partial charge >= 0.3 is 0 Å². The van der Waals surface area contributed by atoms with Crippen LogP contribution >= 0.6 is 0 Å². The van der Waals surface area contributed by atoms with E-state index in [1.165, 1.54) is 6.08 Å². The van der Waals surface area contributed by atoms with Crippen LogP contribution in [0.15, 0.2) is 37.6 Å². The zero-order chi connectivity index (χ0) is 19.2. The Hall–Kier alpha value is -2.29. The van der Waals surface area contributed by atoms with Gasteiger partial charge in [-0.3, -0.25) is 0 Å². The highest BCUT2D eigenvalue weighted by molar-refractivity contribution is 5.79. The normalized spacial score (nSPS) is 14.5. The maximum absolute atomic E-state index is 15.5. The highest BCUT2D eigenvalue weighted by Gasteiger charge is 2.46.